The van der Waals surface area contributed by atoms with Gasteiger partial charge in [0.2, 0.25) is 5.91 Å². The minimum atomic E-state index is -1.34. The molecule has 1 unspecified atom stereocenters. The molecule has 0 saturated heterocycles. The molecule has 1 aromatic carbocycles. The molecule has 1 aromatic rings. The number of hydrogen-bond donors (Lipinski definition) is 2. The second-order valence-electron chi connectivity index (χ2n) is 4.01. The molecule has 0 saturated carbocycles. The molecule has 100 valence electrons. The van der Waals surface area contributed by atoms with Crippen LogP contribution in [0.15, 0.2) is 12.1 Å². The van der Waals surface area contributed by atoms with Crippen molar-refractivity contribution in [2.24, 2.45) is 11.7 Å². The lowest BCUT2D eigenvalue weighted by Gasteiger charge is -2.12. The van der Waals surface area contributed by atoms with Gasteiger partial charge in [0.15, 0.2) is 11.6 Å². The maximum absolute atomic E-state index is 13.3. The van der Waals surface area contributed by atoms with Gasteiger partial charge in [-0.3, -0.25) is 4.79 Å². The molecule has 0 aliphatic rings. The zero-order valence-electron chi connectivity index (χ0n) is 9.97. The number of halogens is 3. The van der Waals surface area contributed by atoms with E-state index in [1.54, 1.807) is 0 Å². The van der Waals surface area contributed by atoms with Crippen molar-refractivity contribution >= 4 is 11.6 Å². The van der Waals surface area contributed by atoms with Crippen LogP contribution in [0, 0.1) is 23.4 Å². The van der Waals surface area contributed by atoms with Gasteiger partial charge in [0.25, 0.3) is 0 Å². The molecule has 0 bridgehead atoms. The molecular weight excluding hydrogens is 245 g/mol. The Hall–Kier alpha value is -1.56. The third kappa shape index (κ3) is 3.73. The Balaban J connectivity index is 2.76. The summed E-state index contributed by atoms with van der Waals surface area (Å²) < 4.78 is 39.0. The van der Waals surface area contributed by atoms with Gasteiger partial charge < -0.3 is 11.1 Å². The molecule has 3 nitrogen and oxygen atoms in total. The van der Waals surface area contributed by atoms with E-state index in [4.69, 9.17) is 5.73 Å². The van der Waals surface area contributed by atoms with E-state index < -0.39 is 29.0 Å². The van der Waals surface area contributed by atoms with E-state index >= 15 is 0 Å². The molecule has 3 N–H and O–H groups in total. The van der Waals surface area contributed by atoms with Crippen LogP contribution in [-0.2, 0) is 4.79 Å². The Morgan fingerprint density at radius 2 is 2.06 bits per heavy atom. The van der Waals surface area contributed by atoms with Crippen LogP contribution in [0.3, 0.4) is 0 Å². The standard InChI is InChI=1S/C12H15F3N2O/c1-2-7(6-16)3-11(18)17-10-5-8(13)4-9(14)12(10)15/h4-5,7H,2-3,6,16H2,1H3,(H,17,18). The first kappa shape index (κ1) is 14.5. The molecule has 0 fully saturated rings. The van der Waals surface area contributed by atoms with Gasteiger partial charge >= 0.3 is 0 Å². The molecule has 1 atom stereocenters. The number of benzene rings is 1. The monoisotopic (exact) mass is 260 g/mol. The highest BCUT2D eigenvalue weighted by Gasteiger charge is 2.15. The van der Waals surface area contributed by atoms with Crippen molar-refractivity contribution < 1.29 is 18.0 Å². The summed E-state index contributed by atoms with van der Waals surface area (Å²) in [5.41, 5.74) is 4.93. The van der Waals surface area contributed by atoms with E-state index in [-0.39, 0.29) is 12.3 Å². The second kappa shape index (κ2) is 6.39. The quantitative estimate of drug-likeness (QED) is 0.799. The van der Waals surface area contributed by atoms with Crippen molar-refractivity contribution in [2.45, 2.75) is 19.8 Å². The van der Waals surface area contributed by atoms with Gasteiger partial charge in [-0.25, -0.2) is 13.2 Å². The molecule has 18 heavy (non-hydrogen) atoms. The van der Waals surface area contributed by atoms with Crippen LogP contribution in [0.5, 0.6) is 0 Å². The van der Waals surface area contributed by atoms with Gasteiger partial charge in [0.05, 0.1) is 5.69 Å². The van der Waals surface area contributed by atoms with Crippen LogP contribution >= 0.6 is 0 Å². The SMILES string of the molecule is CCC(CN)CC(=O)Nc1cc(F)cc(F)c1F. The largest absolute Gasteiger partial charge is 0.330 e. The summed E-state index contributed by atoms with van der Waals surface area (Å²) >= 11 is 0. The Kier molecular flexibility index (Phi) is 5.15. The van der Waals surface area contributed by atoms with Crippen LogP contribution < -0.4 is 11.1 Å². The zero-order chi connectivity index (χ0) is 13.7. The lowest BCUT2D eigenvalue weighted by atomic mass is 10.0. The van der Waals surface area contributed by atoms with Gasteiger partial charge in [-0.05, 0) is 12.5 Å². The number of anilines is 1. The summed E-state index contributed by atoms with van der Waals surface area (Å²) in [6.07, 6.45) is 0.786. The van der Waals surface area contributed by atoms with Crippen molar-refractivity contribution in [1.82, 2.24) is 0 Å². The number of rotatable bonds is 5. The van der Waals surface area contributed by atoms with Crippen molar-refractivity contribution in [3.8, 4) is 0 Å². The second-order valence-corrected chi connectivity index (χ2v) is 4.01. The van der Waals surface area contributed by atoms with E-state index in [9.17, 15) is 18.0 Å². The van der Waals surface area contributed by atoms with Gasteiger partial charge in [0.1, 0.15) is 5.82 Å². The molecule has 1 rings (SSSR count). The van der Waals surface area contributed by atoms with Gasteiger partial charge in [-0.15, -0.1) is 0 Å². The summed E-state index contributed by atoms with van der Waals surface area (Å²) in [4.78, 5) is 11.5. The van der Waals surface area contributed by atoms with Crippen molar-refractivity contribution in [3.05, 3.63) is 29.6 Å². The van der Waals surface area contributed by atoms with Crippen LogP contribution in [0.25, 0.3) is 0 Å². The van der Waals surface area contributed by atoms with E-state index in [1.165, 1.54) is 0 Å². The lowest BCUT2D eigenvalue weighted by Crippen LogP contribution is -2.22. The number of carbonyl (C=O) groups excluding carboxylic acids is 1. The minimum absolute atomic E-state index is 0.0357. The first-order chi connectivity index (χ1) is 8.47. The number of nitrogens with one attached hydrogen (secondary N) is 1. The van der Waals surface area contributed by atoms with Crippen molar-refractivity contribution in [2.75, 3.05) is 11.9 Å². The lowest BCUT2D eigenvalue weighted by molar-refractivity contribution is -0.117. The van der Waals surface area contributed by atoms with Gasteiger partial charge in [-0.2, -0.15) is 0 Å². The summed E-state index contributed by atoms with van der Waals surface area (Å²) in [5, 5.41) is 2.14. The normalized spacial score (nSPS) is 12.3. The Morgan fingerprint density at radius 3 is 2.61 bits per heavy atom. The Bertz CT molecular complexity index is 434. The van der Waals surface area contributed by atoms with Crippen molar-refractivity contribution in [3.63, 3.8) is 0 Å². The zero-order valence-corrected chi connectivity index (χ0v) is 9.97. The summed E-state index contributed by atoms with van der Waals surface area (Å²) in [6, 6.07) is 1.15. The average Bonchev–Trinajstić information content (AvgIpc) is 2.32. The number of nitrogens with two attached hydrogens (primary N) is 1. The smallest absolute Gasteiger partial charge is 0.224 e. The summed E-state index contributed by atoms with van der Waals surface area (Å²) in [7, 11) is 0. The highest BCUT2D eigenvalue weighted by atomic mass is 19.2. The average molecular weight is 260 g/mol. The first-order valence-electron chi connectivity index (χ1n) is 5.62. The van der Waals surface area contributed by atoms with Crippen LogP contribution in [0.4, 0.5) is 18.9 Å². The molecule has 1 amide bonds. The first-order valence-corrected chi connectivity index (χ1v) is 5.62. The molecule has 0 aliphatic heterocycles. The third-order valence-corrected chi connectivity index (χ3v) is 2.65. The maximum atomic E-state index is 13.3. The molecule has 0 heterocycles. The molecular formula is C12H15F3N2O. The van der Waals surface area contributed by atoms with E-state index in [1.807, 2.05) is 6.92 Å². The predicted molar refractivity (Wildman–Crippen MR) is 62.4 cm³/mol. The molecule has 6 heteroatoms. The maximum Gasteiger partial charge on any atom is 0.224 e. The van der Waals surface area contributed by atoms with Gasteiger partial charge in [0, 0.05) is 18.6 Å². The fourth-order valence-corrected chi connectivity index (χ4v) is 1.50. The number of hydrogen-bond acceptors (Lipinski definition) is 2. The van der Waals surface area contributed by atoms with E-state index in [2.05, 4.69) is 5.32 Å². The summed E-state index contributed by atoms with van der Waals surface area (Å²) in [5.74, 6) is -4.11. The van der Waals surface area contributed by atoms with E-state index in [0.717, 1.165) is 6.07 Å². The molecule has 0 spiro atoms. The van der Waals surface area contributed by atoms with Crippen molar-refractivity contribution in [1.29, 1.82) is 0 Å². The topological polar surface area (TPSA) is 55.1 Å². The fraction of sp³-hybridized carbons (Fsp3) is 0.417. The van der Waals surface area contributed by atoms with Gasteiger partial charge in [-0.1, -0.05) is 13.3 Å². The van der Waals surface area contributed by atoms with Crippen LogP contribution in [0.2, 0.25) is 0 Å². The molecule has 0 radical (unpaired) electrons. The Labute approximate surface area is 103 Å². The minimum Gasteiger partial charge on any atom is -0.330 e. The molecule has 0 aromatic heterocycles. The molecule has 0 aliphatic carbocycles. The Morgan fingerprint density at radius 1 is 1.39 bits per heavy atom. The number of amides is 1. The third-order valence-electron chi connectivity index (χ3n) is 2.65. The highest BCUT2D eigenvalue weighted by Crippen LogP contribution is 2.20. The fourth-order valence-electron chi connectivity index (χ4n) is 1.50. The predicted octanol–water partition coefficient (Wildman–Crippen LogP) is 2.42. The van der Waals surface area contributed by atoms with E-state index in [0.29, 0.717) is 19.0 Å². The summed E-state index contributed by atoms with van der Waals surface area (Å²) in [6.45, 7) is 2.19. The highest BCUT2D eigenvalue weighted by molar-refractivity contribution is 5.91. The van der Waals surface area contributed by atoms with Crippen LogP contribution in [-0.4, -0.2) is 12.5 Å². The number of carbonyl (C=O) groups is 1. The van der Waals surface area contributed by atoms with Crippen LogP contribution in [0.1, 0.15) is 19.8 Å².